The number of piperazine rings is 1. The van der Waals surface area contributed by atoms with Crippen molar-refractivity contribution >= 4 is 0 Å². The van der Waals surface area contributed by atoms with Gasteiger partial charge in [0.1, 0.15) is 0 Å². The first-order valence-electron chi connectivity index (χ1n) is 5.23. The second-order valence-corrected chi connectivity index (χ2v) is 4.39. The first-order valence-corrected chi connectivity index (χ1v) is 5.23. The summed E-state index contributed by atoms with van der Waals surface area (Å²) in [6, 6.07) is 0. The Morgan fingerprint density at radius 2 is 2.25 bits per heavy atom. The summed E-state index contributed by atoms with van der Waals surface area (Å²) in [4.78, 5) is 2.65. The third kappa shape index (κ3) is 1.27. The molecule has 1 saturated carbocycles. The van der Waals surface area contributed by atoms with Crippen LogP contribution in [0, 0.1) is 5.92 Å². The summed E-state index contributed by atoms with van der Waals surface area (Å²) in [5, 5.41) is 3.52. The fourth-order valence-electron chi connectivity index (χ4n) is 2.55. The summed E-state index contributed by atoms with van der Waals surface area (Å²) >= 11 is 0. The summed E-state index contributed by atoms with van der Waals surface area (Å²) < 4.78 is 0. The average Bonchev–Trinajstić information content (AvgIpc) is 2.87. The van der Waals surface area contributed by atoms with Crippen LogP contribution in [0.5, 0.6) is 0 Å². The lowest BCUT2D eigenvalue weighted by Gasteiger charge is -2.45. The van der Waals surface area contributed by atoms with Crippen molar-refractivity contribution in [1.29, 1.82) is 0 Å². The third-order valence-corrected chi connectivity index (χ3v) is 3.60. The molecule has 1 N–H and O–H groups in total. The second-order valence-electron chi connectivity index (χ2n) is 4.39. The summed E-state index contributed by atoms with van der Waals surface area (Å²) in [6.07, 6.45) is 2.91. The Hall–Kier alpha value is -0.0800. The summed E-state index contributed by atoms with van der Waals surface area (Å²) in [6.45, 7) is 9.55. The molecule has 0 radical (unpaired) electrons. The van der Waals surface area contributed by atoms with Gasteiger partial charge in [-0.1, -0.05) is 6.92 Å². The monoisotopic (exact) mass is 168 g/mol. The average molecular weight is 168 g/mol. The van der Waals surface area contributed by atoms with Gasteiger partial charge in [-0.25, -0.2) is 0 Å². The molecular weight excluding hydrogens is 148 g/mol. The number of hydrogen-bond donors (Lipinski definition) is 1. The zero-order chi connectivity index (χ0) is 8.60. The summed E-state index contributed by atoms with van der Waals surface area (Å²) in [7, 11) is 0. The Morgan fingerprint density at radius 3 is 2.83 bits per heavy atom. The predicted octanol–water partition coefficient (Wildman–Crippen LogP) is 1.08. The Morgan fingerprint density at radius 1 is 1.50 bits per heavy atom. The molecule has 0 aromatic heterocycles. The van der Waals surface area contributed by atoms with E-state index in [1.165, 1.54) is 39.0 Å². The van der Waals surface area contributed by atoms with Crippen molar-refractivity contribution in [3.63, 3.8) is 0 Å². The Balaban J connectivity index is 2.07. The van der Waals surface area contributed by atoms with E-state index in [4.69, 9.17) is 0 Å². The zero-order valence-electron chi connectivity index (χ0n) is 8.27. The Bertz CT molecular complexity index is 165. The van der Waals surface area contributed by atoms with E-state index in [0.29, 0.717) is 5.54 Å². The highest BCUT2D eigenvalue weighted by molar-refractivity contribution is 5.02. The topological polar surface area (TPSA) is 15.3 Å². The molecule has 1 heterocycles. The van der Waals surface area contributed by atoms with Gasteiger partial charge in [0.05, 0.1) is 0 Å². The summed E-state index contributed by atoms with van der Waals surface area (Å²) in [5.41, 5.74) is 0.479. The molecule has 2 nitrogen and oxygen atoms in total. The molecule has 2 aliphatic rings. The maximum absolute atomic E-state index is 3.52. The molecule has 0 aromatic carbocycles. The Kier molecular flexibility index (Phi) is 2.13. The molecule has 0 bridgehead atoms. The van der Waals surface area contributed by atoms with Gasteiger partial charge in [0, 0.05) is 25.2 Å². The lowest BCUT2D eigenvalue weighted by Crippen LogP contribution is -2.60. The van der Waals surface area contributed by atoms with Gasteiger partial charge in [-0.15, -0.1) is 0 Å². The molecule has 1 saturated heterocycles. The number of likely N-dealkylation sites (N-methyl/N-ethyl adjacent to an activating group) is 1. The van der Waals surface area contributed by atoms with Crippen LogP contribution < -0.4 is 5.32 Å². The molecule has 1 aliphatic heterocycles. The van der Waals surface area contributed by atoms with Crippen molar-refractivity contribution in [3.8, 4) is 0 Å². The summed E-state index contributed by atoms with van der Waals surface area (Å²) in [5.74, 6) is 0.977. The van der Waals surface area contributed by atoms with E-state index in [9.17, 15) is 0 Å². The minimum atomic E-state index is 0.479. The van der Waals surface area contributed by atoms with Crippen molar-refractivity contribution < 1.29 is 0 Å². The molecule has 2 fully saturated rings. The first kappa shape index (κ1) is 8.52. The van der Waals surface area contributed by atoms with Crippen LogP contribution in [-0.4, -0.2) is 36.6 Å². The van der Waals surface area contributed by atoms with Crippen LogP contribution in [0.2, 0.25) is 0 Å². The zero-order valence-corrected chi connectivity index (χ0v) is 8.27. The fourth-order valence-corrected chi connectivity index (χ4v) is 2.55. The number of rotatable bonds is 2. The lowest BCUT2D eigenvalue weighted by atomic mass is 9.91. The molecular formula is C10H20N2. The molecule has 70 valence electrons. The standard InChI is InChI=1S/C10H20N2/c1-3-12-7-6-11-8-10(12,2)9-4-5-9/h9,11H,3-8H2,1-2H3. The van der Waals surface area contributed by atoms with E-state index in [-0.39, 0.29) is 0 Å². The quantitative estimate of drug-likeness (QED) is 0.664. The van der Waals surface area contributed by atoms with E-state index < -0.39 is 0 Å². The molecule has 2 rings (SSSR count). The number of hydrogen-bond acceptors (Lipinski definition) is 2. The molecule has 1 atom stereocenters. The molecule has 1 unspecified atom stereocenters. The van der Waals surface area contributed by atoms with Gasteiger partial charge >= 0.3 is 0 Å². The largest absolute Gasteiger partial charge is 0.314 e. The van der Waals surface area contributed by atoms with Gasteiger partial charge in [-0.05, 0) is 32.2 Å². The van der Waals surface area contributed by atoms with E-state index in [1.54, 1.807) is 0 Å². The van der Waals surface area contributed by atoms with Crippen molar-refractivity contribution in [2.45, 2.75) is 32.2 Å². The highest BCUT2D eigenvalue weighted by Crippen LogP contribution is 2.43. The van der Waals surface area contributed by atoms with Crippen LogP contribution >= 0.6 is 0 Å². The maximum atomic E-state index is 3.52. The highest BCUT2D eigenvalue weighted by Gasteiger charge is 2.45. The van der Waals surface area contributed by atoms with Crippen molar-refractivity contribution in [2.75, 3.05) is 26.2 Å². The van der Waals surface area contributed by atoms with Crippen LogP contribution in [0.25, 0.3) is 0 Å². The van der Waals surface area contributed by atoms with Crippen LogP contribution in [-0.2, 0) is 0 Å². The fraction of sp³-hybridized carbons (Fsp3) is 1.00. The minimum Gasteiger partial charge on any atom is -0.314 e. The van der Waals surface area contributed by atoms with Crippen molar-refractivity contribution in [3.05, 3.63) is 0 Å². The molecule has 12 heavy (non-hydrogen) atoms. The molecule has 2 heteroatoms. The smallest absolute Gasteiger partial charge is 0.0334 e. The lowest BCUT2D eigenvalue weighted by molar-refractivity contribution is 0.0615. The van der Waals surface area contributed by atoms with E-state index in [0.717, 1.165) is 5.92 Å². The Labute approximate surface area is 75.3 Å². The maximum Gasteiger partial charge on any atom is 0.0334 e. The van der Waals surface area contributed by atoms with Gasteiger partial charge in [0.2, 0.25) is 0 Å². The van der Waals surface area contributed by atoms with E-state index in [1.807, 2.05) is 0 Å². The SMILES string of the molecule is CCN1CCNCC1(C)C1CC1. The molecule has 1 aliphatic carbocycles. The van der Waals surface area contributed by atoms with Gasteiger partial charge in [-0.2, -0.15) is 0 Å². The predicted molar refractivity (Wildman–Crippen MR) is 51.2 cm³/mol. The van der Waals surface area contributed by atoms with Crippen molar-refractivity contribution in [1.82, 2.24) is 10.2 Å². The van der Waals surface area contributed by atoms with E-state index >= 15 is 0 Å². The normalized spacial score (nSPS) is 38.5. The molecule has 0 amide bonds. The first-order chi connectivity index (χ1) is 5.77. The molecule has 0 aromatic rings. The molecule has 0 spiro atoms. The van der Waals surface area contributed by atoms with E-state index in [2.05, 4.69) is 24.1 Å². The second kappa shape index (κ2) is 3.00. The van der Waals surface area contributed by atoms with Crippen LogP contribution in [0.1, 0.15) is 26.7 Å². The van der Waals surface area contributed by atoms with Gasteiger partial charge in [-0.3, -0.25) is 4.90 Å². The highest BCUT2D eigenvalue weighted by atomic mass is 15.3. The third-order valence-electron chi connectivity index (χ3n) is 3.60. The van der Waals surface area contributed by atoms with Crippen molar-refractivity contribution in [2.24, 2.45) is 5.92 Å². The van der Waals surface area contributed by atoms with Gasteiger partial charge in [0.15, 0.2) is 0 Å². The number of nitrogens with zero attached hydrogens (tertiary/aromatic N) is 1. The van der Waals surface area contributed by atoms with Crippen LogP contribution in [0.15, 0.2) is 0 Å². The number of nitrogens with one attached hydrogen (secondary N) is 1. The van der Waals surface area contributed by atoms with Crippen LogP contribution in [0.3, 0.4) is 0 Å². The minimum absolute atomic E-state index is 0.479. The van der Waals surface area contributed by atoms with Crippen LogP contribution in [0.4, 0.5) is 0 Å². The van der Waals surface area contributed by atoms with Gasteiger partial charge in [0.25, 0.3) is 0 Å². The van der Waals surface area contributed by atoms with Gasteiger partial charge < -0.3 is 5.32 Å².